The monoisotopic (exact) mass is 87.1 g/mol. The minimum absolute atomic E-state index is 0.428. The molecule has 0 heterocycles. The minimum Gasteiger partial charge on any atom is -0.385 e. The lowest BCUT2D eigenvalue weighted by Crippen LogP contribution is -2.29. The second-order valence-corrected chi connectivity index (χ2v) is 0.900. The zero-order chi connectivity index (χ0) is 4.99. The van der Waals surface area contributed by atoms with Gasteiger partial charge in [-0.1, -0.05) is 6.58 Å². The summed E-state index contributed by atoms with van der Waals surface area (Å²) in [4.78, 5) is 0. The Morgan fingerprint density at radius 1 is 1.83 bits per heavy atom. The molecule has 0 bridgehead atoms. The lowest BCUT2D eigenvalue weighted by Gasteiger charge is -1.97. The van der Waals surface area contributed by atoms with Crippen LogP contribution in [0.25, 0.3) is 0 Å². The third kappa shape index (κ3) is 3.30. The van der Waals surface area contributed by atoms with E-state index in [1.807, 2.05) is 0 Å². The van der Waals surface area contributed by atoms with Crippen LogP contribution < -0.4 is 16.6 Å². The van der Waals surface area contributed by atoms with E-state index in [1.165, 1.54) is 0 Å². The smallest absolute Gasteiger partial charge is 0.103 e. The lowest BCUT2D eigenvalue weighted by molar-refractivity contribution is 0.684. The van der Waals surface area contributed by atoms with Crippen molar-refractivity contribution in [1.29, 1.82) is 0 Å². The molecule has 4 N–H and O–H groups in total. The summed E-state index contributed by atoms with van der Waals surface area (Å²) in [5.74, 6) is 0.428. The van der Waals surface area contributed by atoms with Gasteiger partial charge in [0, 0.05) is 7.05 Å². The molecule has 0 aromatic heterocycles. The standard InChI is InChI=1S/C3H9N3/c1-3(4)6-5-2/h5-6H,1,4H2,2H3. The maximum absolute atomic E-state index is 5.03. The van der Waals surface area contributed by atoms with Crippen molar-refractivity contribution in [2.75, 3.05) is 7.05 Å². The van der Waals surface area contributed by atoms with E-state index in [9.17, 15) is 0 Å². The topological polar surface area (TPSA) is 50.1 Å². The van der Waals surface area contributed by atoms with Crippen LogP contribution in [0, 0.1) is 0 Å². The number of nitrogens with one attached hydrogen (secondary N) is 2. The van der Waals surface area contributed by atoms with Gasteiger partial charge in [-0.2, -0.15) is 0 Å². The molecule has 0 aromatic rings. The molecule has 0 amide bonds. The van der Waals surface area contributed by atoms with Crippen molar-refractivity contribution in [3.05, 3.63) is 12.4 Å². The fourth-order valence-electron chi connectivity index (χ4n) is 0.161. The highest BCUT2D eigenvalue weighted by Gasteiger charge is 1.68. The fraction of sp³-hybridized carbons (Fsp3) is 0.333. The molecule has 0 aliphatic heterocycles. The number of hydrogen-bond acceptors (Lipinski definition) is 3. The van der Waals surface area contributed by atoms with E-state index in [1.54, 1.807) is 7.05 Å². The maximum atomic E-state index is 5.03. The summed E-state index contributed by atoms with van der Waals surface area (Å²) in [6.45, 7) is 3.35. The molecule has 0 saturated carbocycles. The molecule has 0 rings (SSSR count). The van der Waals surface area contributed by atoms with Gasteiger partial charge in [-0.25, -0.2) is 5.43 Å². The van der Waals surface area contributed by atoms with Crippen molar-refractivity contribution in [3.63, 3.8) is 0 Å². The van der Waals surface area contributed by atoms with Crippen molar-refractivity contribution in [3.8, 4) is 0 Å². The Bertz CT molecular complexity index is 50.0. The Labute approximate surface area is 37.2 Å². The Morgan fingerprint density at radius 3 is 2.33 bits per heavy atom. The van der Waals surface area contributed by atoms with Crippen molar-refractivity contribution < 1.29 is 0 Å². The number of nitrogens with two attached hydrogens (primary N) is 1. The Hall–Kier alpha value is -0.700. The normalized spacial score (nSPS) is 7.50. The molecule has 0 spiro atoms. The second kappa shape index (κ2) is 2.53. The fourth-order valence-corrected chi connectivity index (χ4v) is 0.161. The van der Waals surface area contributed by atoms with Crippen molar-refractivity contribution in [2.45, 2.75) is 0 Å². The first-order valence-corrected chi connectivity index (χ1v) is 1.64. The van der Waals surface area contributed by atoms with Gasteiger partial charge in [0.05, 0.1) is 0 Å². The molecular formula is C3H9N3. The van der Waals surface area contributed by atoms with Gasteiger partial charge in [-0.3, -0.25) is 0 Å². The highest BCUT2D eigenvalue weighted by Crippen LogP contribution is 1.53. The summed E-state index contributed by atoms with van der Waals surface area (Å²) in [6.07, 6.45) is 0. The van der Waals surface area contributed by atoms with E-state index in [4.69, 9.17) is 5.73 Å². The van der Waals surface area contributed by atoms with Gasteiger partial charge in [0.15, 0.2) is 0 Å². The maximum Gasteiger partial charge on any atom is 0.103 e. The van der Waals surface area contributed by atoms with Crippen LogP contribution in [0.1, 0.15) is 0 Å². The minimum atomic E-state index is 0.428. The van der Waals surface area contributed by atoms with E-state index in [0.29, 0.717) is 5.82 Å². The number of rotatable bonds is 2. The van der Waals surface area contributed by atoms with Crippen LogP contribution in [0.5, 0.6) is 0 Å². The first-order valence-electron chi connectivity index (χ1n) is 1.64. The van der Waals surface area contributed by atoms with Gasteiger partial charge >= 0.3 is 0 Å². The van der Waals surface area contributed by atoms with Crippen LogP contribution in [0.2, 0.25) is 0 Å². The largest absolute Gasteiger partial charge is 0.385 e. The van der Waals surface area contributed by atoms with Gasteiger partial charge in [-0.05, 0) is 0 Å². The Morgan fingerprint density at radius 2 is 2.33 bits per heavy atom. The molecule has 3 nitrogen and oxygen atoms in total. The number of hydrogen-bond donors (Lipinski definition) is 3. The molecule has 0 aromatic carbocycles. The first kappa shape index (κ1) is 5.30. The molecule has 0 atom stereocenters. The van der Waals surface area contributed by atoms with Crippen LogP contribution >= 0.6 is 0 Å². The van der Waals surface area contributed by atoms with E-state index >= 15 is 0 Å². The summed E-state index contributed by atoms with van der Waals surface area (Å²) in [5, 5.41) is 0. The van der Waals surface area contributed by atoms with E-state index < -0.39 is 0 Å². The third-order valence-corrected chi connectivity index (χ3v) is 0.286. The van der Waals surface area contributed by atoms with E-state index in [-0.39, 0.29) is 0 Å². The van der Waals surface area contributed by atoms with Crippen LogP contribution in [0.15, 0.2) is 12.4 Å². The van der Waals surface area contributed by atoms with Gasteiger partial charge in [0.1, 0.15) is 5.82 Å². The van der Waals surface area contributed by atoms with Crippen LogP contribution in [-0.2, 0) is 0 Å². The van der Waals surface area contributed by atoms with Crippen molar-refractivity contribution in [1.82, 2.24) is 10.9 Å². The SMILES string of the molecule is C=C(N)NNC. The van der Waals surface area contributed by atoms with E-state index in [0.717, 1.165) is 0 Å². The predicted octanol–water partition coefficient (Wildman–Crippen LogP) is -0.860. The molecule has 3 heteroatoms. The van der Waals surface area contributed by atoms with Crippen LogP contribution in [0.4, 0.5) is 0 Å². The molecule has 0 aliphatic carbocycles. The first-order chi connectivity index (χ1) is 2.77. The highest BCUT2D eigenvalue weighted by atomic mass is 15.4. The van der Waals surface area contributed by atoms with Crippen molar-refractivity contribution in [2.24, 2.45) is 5.73 Å². The molecule has 36 valence electrons. The zero-order valence-corrected chi connectivity index (χ0v) is 3.78. The van der Waals surface area contributed by atoms with Gasteiger partial charge in [-0.15, -0.1) is 0 Å². The average molecular weight is 87.1 g/mol. The van der Waals surface area contributed by atoms with Crippen LogP contribution in [0.3, 0.4) is 0 Å². The lowest BCUT2D eigenvalue weighted by atomic mass is 10.9. The van der Waals surface area contributed by atoms with Gasteiger partial charge in [0.2, 0.25) is 0 Å². The summed E-state index contributed by atoms with van der Waals surface area (Å²) in [7, 11) is 1.72. The van der Waals surface area contributed by atoms with Gasteiger partial charge < -0.3 is 11.2 Å². The molecule has 0 aliphatic rings. The Balaban J connectivity index is 2.83. The number of hydrazine groups is 1. The molecule has 0 unspecified atom stereocenters. The van der Waals surface area contributed by atoms with E-state index in [2.05, 4.69) is 17.4 Å². The zero-order valence-electron chi connectivity index (χ0n) is 3.78. The average Bonchev–Trinajstić information content (AvgIpc) is 1.35. The summed E-state index contributed by atoms with van der Waals surface area (Å²) in [5.41, 5.74) is 10.2. The third-order valence-electron chi connectivity index (χ3n) is 0.286. The second-order valence-electron chi connectivity index (χ2n) is 0.900. The molecule has 6 heavy (non-hydrogen) atoms. The summed E-state index contributed by atoms with van der Waals surface area (Å²) < 4.78 is 0. The molecule has 0 saturated heterocycles. The molecule has 0 fully saturated rings. The summed E-state index contributed by atoms with van der Waals surface area (Å²) in [6, 6.07) is 0. The van der Waals surface area contributed by atoms with Gasteiger partial charge in [0.25, 0.3) is 0 Å². The Kier molecular flexibility index (Phi) is 2.24. The molecular weight excluding hydrogens is 78.1 g/mol. The summed E-state index contributed by atoms with van der Waals surface area (Å²) >= 11 is 0. The predicted molar refractivity (Wildman–Crippen MR) is 25.5 cm³/mol. The quantitative estimate of drug-likeness (QED) is 0.384. The molecule has 0 radical (unpaired) electrons. The highest BCUT2D eigenvalue weighted by molar-refractivity contribution is 4.78. The van der Waals surface area contributed by atoms with Crippen LogP contribution in [-0.4, -0.2) is 7.05 Å². The van der Waals surface area contributed by atoms with Crippen molar-refractivity contribution >= 4 is 0 Å².